The Morgan fingerprint density at radius 3 is 2.60 bits per heavy atom. The Balaban J connectivity index is 2.94. The summed E-state index contributed by atoms with van der Waals surface area (Å²) in [5.41, 5.74) is 1.11. The molecule has 0 aromatic heterocycles. The fourth-order valence-electron chi connectivity index (χ4n) is 1.85. The van der Waals surface area contributed by atoms with Crippen LogP contribution in [-0.2, 0) is 0 Å². The van der Waals surface area contributed by atoms with Gasteiger partial charge in [0.25, 0.3) is 0 Å². The quantitative estimate of drug-likeness (QED) is 0.787. The summed E-state index contributed by atoms with van der Waals surface area (Å²) in [6.07, 6.45) is 2.23. The first-order valence-corrected chi connectivity index (χ1v) is 6.14. The highest BCUT2D eigenvalue weighted by molar-refractivity contribution is 9.10. The molecule has 1 aromatic carbocycles. The van der Waals surface area contributed by atoms with E-state index in [1.165, 1.54) is 0 Å². The Bertz CT molecular complexity index is 354. The number of halogens is 1. The molecular weight excluding hydrogens is 250 g/mol. The average Bonchev–Trinajstić information content (AvgIpc) is 2.22. The van der Waals surface area contributed by atoms with Crippen molar-refractivity contribution in [3.05, 3.63) is 34.3 Å². The molecule has 0 aliphatic rings. The normalized spacial score (nSPS) is 14.3. The predicted octanol–water partition coefficient (Wildman–Crippen LogP) is 4.49. The first kappa shape index (κ1) is 12.3. The Morgan fingerprint density at radius 2 is 2.07 bits per heavy atom. The van der Waals surface area contributed by atoms with Gasteiger partial charge < -0.3 is 0 Å². The van der Waals surface area contributed by atoms with Crippen molar-refractivity contribution in [1.29, 1.82) is 5.26 Å². The predicted molar refractivity (Wildman–Crippen MR) is 66.6 cm³/mol. The van der Waals surface area contributed by atoms with Crippen LogP contribution in [0.2, 0.25) is 0 Å². The van der Waals surface area contributed by atoms with Crippen LogP contribution in [0.15, 0.2) is 28.7 Å². The van der Waals surface area contributed by atoms with Crippen LogP contribution in [0, 0.1) is 17.2 Å². The summed E-state index contributed by atoms with van der Waals surface area (Å²) in [5, 5.41) is 9.23. The maximum atomic E-state index is 9.23. The van der Waals surface area contributed by atoms with Gasteiger partial charge in [0.2, 0.25) is 0 Å². The SMILES string of the molecule is CCCC(C)C(C#N)c1ccccc1Br. The summed E-state index contributed by atoms with van der Waals surface area (Å²) in [4.78, 5) is 0. The second kappa shape index (κ2) is 5.92. The maximum Gasteiger partial charge on any atom is 0.0749 e. The molecule has 2 atom stereocenters. The standard InChI is InChI=1S/C13H16BrN/c1-3-6-10(2)12(9-15)11-7-4-5-8-13(11)14/h4-5,7-8,10,12H,3,6H2,1-2H3. The highest BCUT2D eigenvalue weighted by atomic mass is 79.9. The van der Waals surface area contributed by atoms with E-state index in [2.05, 4.69) is 35.8 Å². The minimum Gasteiger partial charge on any atom is -0.198 e. The molecule has 0 heterocycles. The lowest BCUT2D eigenvalue weighted by Gasteiger charge is -2.18. The summed E-state index contributed by atoms with van der Waals surface area (Å²) < 4.78 is 1.04. The average molecular weight is 266 g/mol. The molecule has 0 aliphatic carbocycles. The Labute approximate surface area is 100 Å². The third kappa shape index (κ3) is 3.07. The van der Waals surface area contributed by atoms with Crippen molar-refractivity contribution in [2.24, 2.45) is 5.92 Å². The van der Waals surface area contributed by atoms with Gasteiger partial charge >= 0.3 is 0 Å². The monoisotopic (exact) mass is 265 g/mol. The van der Waals surface area contributed by atoms with Crippen molar-refractivity contribution < 1.29 is 0 Å². The molecule has 0 saturated heterocycles. The Kier molecular flexibility index (Phi) is 4.84. The lowest BCUT2D eigenvalue weighted by molar-refractivity contribution is 0.483. The van der Waals surface area contributed by atoms with E-state index in [1.54, 1.807) is 0 Å². The fraction of sp³-hybridized carbons (Fsp3) is 0.462. The molecule has 2 unspecified atom stereocenters. The molecule has 0 saturated carbocycles. The molecule has 0 amide bonds. The fourth-order valence-corrected chi connectivity index (χ4v) is 2.38. The van der Waals surface area contributed by atoms with Gasteiger partial charge in [-0.2, -0.15) is 5.26 Å². The molecule has 0 aliphatic heterocycles. The minimum atomic E-state index is 0.000486. The molecule has 0 radical (unpaired) electrons. The summed E-state index contributed by atoms with van der Waals surface area (Å²) in [6, 6.07) is 10.4. The number of hydrogen-bond acceptors (Lipinski definition) is 1. The Hall–Kier alpha value is -0.810. The summed E-state index contributed by atoms with van der Waals surface area (Å²) in [5.74, 6) is 0.416. The van der Waals surface area contributed by atoms with Crippen LogP contribution in [0.1, 0.15) is 38.2 Å². The van der Waals surface area contributed by atoms with E-state index in [0.29, 0.717) is 5.92 Å². The van der Waals surface area contributed by atoms with E-state index >= 15 is 0 Å². The van der Waals surface area contributed by atoms with Gasteiger partial charge in [-0.25, -0.2) is 0 Å². The molecule has 2 heteroatoms. The van der Waals surface area contributed by atoms with Gasteiger partial charge in [-0.1, -0.05) is 54.4 Å². The van der Waals surface area contributed by atoms with Gasteiger partial charge in [0.1, 0.15) is 0 Å². The summed E-state index contributed by atoms with van der Waals surface area (Å²) >= 11 is 3.51. The second-order valence-electron chi connectivity index (χ2n) is 3.89. The van der Waals surface area contributed by atoms with Crippen LogP contribution in [0.3, 0.4) is 0 Å². The van der Waals surface area contributed by atoms with Crippen molar-refractivity contribution in [3.8, 4) is 6.07 Å². The van der Waals surface area contributed by atoms with E-state index < -0.39 is 0 Å². The van der Waals surface area contributed by atoms with Crippen LogP contribution in [0.5, 0.6) is 0 Å². The lowest BCUT2D eigenvalue weighted by atomic mass is 9.86. The van der Waals surface area contributed by atoms with Crippen LogP contribution in [-0.4, -0.2) is 0 Å². The zero-order valence-corrected chi connectivity index (χ0v) is 10.8. The van der Waals surface area contributed by atoms with E-state index in [-0.39, 0.29) is 5.92 Å². The van der Waals surface area contributed by atoms with E-state index in [9.17, 15) is 5.26 Å². The van der Waals surface area contributed by atoms with E-state index in [0.717, 1.165) is 22.9 Å². The van der Waals surface area contributed by atoms with Crippen molar-refractivity contribution in [2.75, 3.05) is 0 Å². The first-order valence-electron chi connectivity index (χ1n) is 5.34. The first-order chi connectivity index (χ1) is 7.20. The van der Waals surface area contributed by atoms with Gasteiger partial charge in [-0.15, -0.1) is 0 Å². The molecular formula is C13H16BrN. The zero-order chi connectivity index (χ0) is 11.3. The van der Waals surface area contributed by atoms with Crippen molar-refractivity contribution in [1.82, 2.24) is 0 Å². The number of hydrogen-bond donors (Lipinski definition) is 0. The highest BCUT2D eigenvalue weighted by Gasteiger charge is 2.19. The van der Waals surface area contributed by atoms with Gasteiger partial charge in [-0.3, -0.25) is 0 Å². The Morgan fingerprint density at radius 1 is 1.40 bits per heavy atom. The molecule has 0 spiro atoms. The largest absolute Gasteiger partial charge is 0.198 e. The zero-order valence-electron chi connectivity index (χ0n) is 9.20. The van der Waals surface area contributed by atoms with Gasteiger partial charge in [0.15, 0.2) is 0 Å². The molecule has 1 aromatic rings. The number of rotatable bonds is 4. The third-order valence-corrected chi connectivity index (χ3v) is 3.41. The van der Waals surface area contributed by atoms with E-state index in [1.807, 2.05) is 24.3 Å². The van der Waals surface area contributed by atoms with Crippen molar-refractivity contribution in [3.63, 3.8) is 0 Å². The number of benzene rings is 1. The summed E-state index contributed by atoms with van der Waals surface area (Å²) in [6.45, 7) is 4.31. The van der Waals surface area contributed by atoms with Crippen LogP contribution < -0.4 is 0 Å². The molecule has 0 N–H and O–H groups in total. The topological polar surface area (TPSA) is 23.8 Å². The smallest absolute Gasteiger partial charge is 0.0749 e. The highest BCUT2D eigenvalue weighted by Crippen LogP contribution is 2.32. The molecule has 1 nitrogen and oxygen atoms in total. The number of nitriles is 1. The molecule has 1 rings (SSSR count). The lowest BCUT2D eigenvalue weighted by Crippen LogP contribution is -2.08. The van der Waals surface area contributed by atoms with Crippen LogP contribution >= 0.6 is 15.9 Å². The molecule has 0 bridgehead atoms. The summed E-state index contributed by atoms with van der Waals surface area (Å²) in [7, 11) is 0. The molecule has 80 valence electrons. The van der Waals surface area contributed by atoms with Crippen LogP contribution in [0.4, 0.5) is 0 Å². The van der Waals surface area contributed by atoms with Gasteiger partial charge in [0, 0.05) is 4.47 Å². The maximum absolute atomic E-state index is 9.23. The minimum absolute atomic E-state index is 0.000486. The number of nitrogens with zero attached hydrogens (tertiary/aromatic N) is 1. The molecule has 0 fully saturated rings. The third-order valence-electron chi connectivity index (χ3n) is 2.69. The van der Waals surface area contributed by atoms with Gasteiger partial charge in [-0.05, 0) is 24.0 Å². The van der Waals surface area contributed by atoms with Crippen molar-refractivity contribution >= 4 is 15.9 Å². The van der Waals surface area contributed by atoms with Crippen molar-refractivity contribution in [2.45, 2.75) is 32.6 Å². The van der Waals surface area contributed by atoms with E-state index in [4.69, 9.17) is 0 Å². The second-order valence-corrected chi connectivity index (χ2v) is 4.75. The molecule has 15 heavy (non-hydrogen) atoms. The van der Waals surface area contributed by atoms with Crippen LogP contribution in [0.25, 0.3) is 0 Å². The van der Waals surface area contributed by atoms with Gasteiger partial charge in [0.05, 0.1) is 12.0 Å².